The molecule has 0 amide bonds. The fraction of sp³-hybridized carbons (Fsp3) is 0.909. The molecule has 0 radical (unpaired) electrons. The van der Waals surface area contributed by atoms with Gasteiger partial charge in [0, 0.05) is 19.1 Å². The van der Waals surface area contributed by atoms with Gasteiger partial charge in [-0.3, -0.25) is 4.90 Å². The summed E-state index contributed by atoms with van der Waals surface area (Å²) in [7, 11) is -2.26. The molecular formula is C11H21FN2O4S. The van der Waals surface area contributed by atoms with Crippen LogP contribution in [0.5, 0.6) is 0 Å². The van der Waals surface area contributed by atoms with Crippen molar-refractivity contribution in [1.82, 2.24) is 9.62 Å². The Balaban J connectivity index is 2.52. The summed E-state index contributed by atoms with van der Waals surface area (Å²) in [6.45, 7) is 4.07. The molecular weight excluding hydrogens is 275 g/mol. The predicted octanol–water partition coefficient (Wildman–Crippen LogP) is -0.100. The number of halogens is 1. The maximum absolute atomic E-state index is 13.4. The standard InChI is InChI=1S/C11H21FN2O4S/c1-8(2)13-19(16,17)9-4-5-14(6-9)7-10(12)11(15)18-3/h8-10,13H,4-7H2,1-3H3. The monoisotopic (exact) mass is 296 g/mol. The predicted molar refractivity (Wildman–Crippen MR) is 68.9 cm³/mol. The molecule has 2 atom stereocenters. The van der Waals surface area contributed by atoms with Crippen molar-refractivity contribution in [2.24, 2.45) is 0 Å². The van der Waals surface area contributed by atoms with Crippen LogP contribution in [0, 0.1) is 0 Å². The maximum atomic E-state index is 13.4. The molecule has 1 heterocycles. The van der Waals surface area contributed by atoms with Crippen molar-refractivity contribution in [3.05, 3.63) is 0 Å². The molecule has 8 heteroatoms. The summed E-state index contributed by atoms with van der Waals surface area (Å²) in [6.07, 6.45) is -1.29. The Morgan fingerprint density at radius 2 is 2.16 bits per heavy atom. The smallest absolute Gasteiger partial charge is 0.341 e. The number of rotatable bonds is 6. The Morgan fingerprint density at radius 3 is 2.68 bits per heavy atom. The van der Waals surface area contributed by atoms with Gasteiger partial charge < -0.3 is 4.74 Å². The molecule has 2 unspecified atom stereocenters. The van der Waals surface area contributed by atoms with Crippen LogP contribution in [0.2, 0.25) is 0 Å². The number of hydrogen-bond donors (Lipinski definition) is 1. The van der Waals surface area contributed by atoms with Crippen LogP contribution in [0.4, 0.5) is 4.39 Å². The number of ether oxygens (including phenoxy) is 1. The normalized spacial score (nSPS) is 22.7. The second kappa shape index (κ2) is 6.62. The second-order valence-corrected chi connectivity index (χ2v) is 6.97. The molecule has 1 fully saturated rings. The third kappa shape index (κ3) is 4.70. The molecule has 0 bridgehead atoms. The molecule has 0 spiro atoms. The van der Waals surface area contributed by atoms with Crippen molar-refractivity contribution in [2.45, 2.75) is 37.7 Å². The van der Waals surface area contributed by atoms with E-state index in [1.54, 1.807) is 18.7 Å². The number of nitrogens with one attached hydrogen (secondary N) is 1. The summed E-state index contributed by atoms with van der Waals surface area (Å²) in [5.41, 5.74) is 0. The summed E-state index contributed by atoms with van der Waals surface area (Å²) < 4.78 is 44.1. The van der Waals surface area contributed by atoms with Crippen LogP contribution < -0.4 is 4.72 Å². The first-order valence-electron chi connectivity index (χ1n) is 6.21. The lowest BCUT2D eigenvalue weighted by atomic mass is 10.3. The van der Waals surface area contributed by atoms with Gasteiger partial charge in [-0.1, -0.05) is 0 Å². The number of likely N-dealkylation sites (tertiary alicyclic amines) is 1. The SMILES string of the molecule is COC(=O)C(F)CN1CCC(S(=O)(=O)NC(C)C)C1. The quantitative estimate of drug-likeness (QED) is 0.693. The number of carbonyl (C=O) groups is 1. The van der Waals surface area contributed by atoms with Crippen molar-refractivity contribution in [3.63, 3.8) is 0 Å². The van der Waals surface area contributed by atoms with E-state index >= 15 is 0 Å². The molecule has 1 aliphatic rings. The van der Waals surface area contributed by atoms with Crippen LogP contribution in [0.1, 0.15) is 20.3 Å². The summed E-state index contributed by atoms with van der Waals surface area (Å²) in [5.74, 6) is -0.924. The molecule has 0 aliphatic carbocycles. The van der Waals surface area contributed by atoms with Gasteiger partial charge in [0.25, 0.3) is 0 Å². The summed E-state index contributed by atoms with van der Waals surface area (Å²) in [6, 6.07) is -0.164. The Morgan fingerprint density at radius 1 is 1.53 bits per heavy atom. The number of methoxy groups -OCH3 is 1. The molecule has 1 N–H and O–H groups in total. The highest BCUT2D eigenvalue weighted by molar-refractivity contribution is 7.90. The van der Waals surface area contributed by atoms with Crippen molar-refractivity contribution < 1.29 is 22.3 Å². The molecule has 0 aromatic heterocycles. The highest BCUT2D eigenvalue weighted by atomic mass is 32.2. The second-order valence-electron chi connectivity index (χ2n) is 4.98. The Hall–Kier alpha value is -0.730. The number of carbonyl (C=O) groups excluding carboxylic acids is 1. The van der Waals surface area contributed by atoms with Crippen LogP contribution in [-0.2, 0) is 19.6 Å². The van der Waals surface area contributed by atoms with Crippen molar-refractivity contribution in [3.8, 4) is 0 Å². The third-order valence-corrected chi connectivity index (χ3v) is 5.01. The Labute approximate surface area is 113 Å². The van der Waals surface area contributed by atoms with Crippen LogP contribution in [0.25, 0.3) is 0 Å². The van der Waals surface area contributed by atoms with E-state index in [1.165, 1.54) is 0 Å². The zero-order chi connectivity index (χ0) is 14.6. The van der Waals surface area contributed by atoms with E-state index in [0.717, 1.165) is 7.11 Å². The summed E-state index contributed by atoms with van der Waals surface area (Å²) >= 11 is 0. The van der Waals surface area contributed by atoms with Gasteiger partial charge >= 0.3 is 5.97 Å². The van der Waals surface area contributed by atoms with Gasteiger partial charge in [0.05, 0.1) is 12.4 Å². The minimum atomic E-state index is -3.38. The van der Waals surface area contributed by atoms with Gasteiger partial charge in [-0.15, -0.1) is 0 Å². The summed E-state index contributed by atoms with van der Waals surface area (Å²) in [4.78, 5) is 12.6. The lowest BCUT2D eigenvalue weighted by Gasteiger charge is -2.18. The van der Waals surface area contributed by atoms with Crippen LogP contribution in [0.3, 0.4) is 0 Å². The van der Waals surface area contributed by atoms with E-state index in [9.17, 15) is 17.6 Å². The Kier molecular flexibility index (Phi) is 5.69. The van der Waals surface area contributed by atoms with Crippen molar-refractivity contribution in [2.75, 3.05) is 26.7 Å². The zero-order valence-electron chi connectivity index (χ0n) is 11.4. The molecule has 0 saturated carbocycles. The molecule has 19 heavy (non-hydrogen) atoms. The lowest BCUT2D eigenvalue weighted by molar-refractivity contribution is -0.147. The number of esters is 1. The first kappa shape index (κ1) is 16.3. The molecule has 0 aromatic rings. The highest BCUT2D eigenvalue weighted by Crippen LogP contribution is 2.17. The summed E-state index contributed by atoms with van der Waals surface area (Å²) in [5, 5.41) is -0.556. The molecule has 0 aromatic carbocycles. The highest BCUT2D eigenvalue weighted by Gasteiger charge is 2.35. The molecule has 1 aliphatic heterocycles. The van der Waals surface area contributed by atoms with Crippen molar-refractivity contribution >= 4 is 16.0 Å². The largest absolute Gasteiger partial charge is 0.467 e. The van der Waals surface area contributed by atoms with E-state index in [2.05, 4.69) is 9.46 Å². The first-order valence-corrected chi connectivity index (χ1v) is 7.76. The van der Waals surface area contributed by atoms with Crippen LogP contribution in [-0.4, -0.2) is 63.5 Å². The fourth-order valence-corrected chi connectivity index (χ4v) is 3.74. The number of alkyl halides is 1. The van der Waals surface area contributed by atoms with E-state index < -0.39 is 27.4 Å². The van der Waals surface area contributed by atoms with E-state index in [-0.39, 0.29) is 19.1 Å². The minimum absolute atomic E-state index is 0.125. The van der Waals surface area contributed by atoms with Crippen molar-refractivity contribution in [1.29, 1.82) is 0 Å². The van der Waals surface area contributed by atoms with E-state index in [1.807, 2.05) is 0 Å². The van der Waals surface area contributed by atoms with Gasteiger partial charge in [-0.25, -0.2) is 22.3 Å². The average molecular weight is 296 g/mol. The van der Waals surface area contributed by atoms with Gasteiger partial charge in [-0.05, 0) is 26.8 Å². The molecule has 6 nitrogen and oxygen atoms in total. The van der Waals surface area contributed by atoms with Crippen LogP contribution in [0.15, 0.2) is 0 Å². The minimum Gasteiger partial charge on any atom is -0.467 e. The fourth-order valence-electron chi connectivity index (χ4n) is 2.07. The third-order valence-electron chi connectivity index (χ3n) is 2.94. The van der Waals surface area contributed by atoms with Gasteiger partial charge in [0.15, 0.2) is 0 Å². The van der Waals surface area contributed by atoms with Gasteiger partial charge in [0.1, 0.15) is 0 Å². The average Bonchev–Trinajstić information content (AvgIpc) is 2.75. The first-order chi connectivity index (χ1) is 8.76. The lowest BCUT2D eigenvalue weighted by Crippen LogP contribution is -2.41. The van der Waals surface area contributed by atoms with Crippen LogP contribution >= 0.6 is 0 Å². The topological polar surface area (TPSA) is 75.7 Å². The molecule has 1 rings (SSSR count). The van der Waals surface area contributed by atoms with Gasteiger partial charge in [-0.2, -0.15) is 0 Å². The maximum Gasteiger partial charge on any atom is 0.341 e. The number of sulfonamides is 1. The number of nitrogens with zero attached hydrogens (tertiary/aromatic N) is 1. The van der Waals surface area contributed by atoms with Gasteiger partial charge in [0.2, 0.25) is 16.2 Å². The Bertz CT molecular complexity index is 413. The number of hydrogen-bond acceptors (Lipinski definition) is 5. The van der Waals surface area contributed by atoms with E-state index in [0.29, 0.717) is 13.0 Å². The zero-order valence-corrected chi connectivity index (χ0v) is 12.2. The molecule has 1 saturated heterocycles. The molecule has 112 valence electrons. The van der Waals surface area contributed by atoms with E-state index in [4.69, 9.17) is 0 Å².